The number of hydrogen-bond donors (Lipinski definition) is 0. The summed E-state index contributed by atoms with van der Waals surface area (Å²) in [7, 11) is 1.55. The van der Waals surface area contributed by atoms with E-state index in [4.69, 9.17) is 16.3 Å². The van der Waals surface area contributed by atoms with E-state index in [1.807, 2.05) is 24.0 Å². The van der Waals surface area contributed by atoms with Crippen molar-refractivity contribution in [2.45, 2.75) is 19.4 Å². The Bertz CT molecular complexity index is 747. The minimum Gasteiger partial charge on any atom is -0.496 e. The fraction of sp³-hybridized carbons (Fsp3) is 0.235. The number of anilines is 1. The number of hydrogen-bond acceptors (Lipinski definition) is 2. The summed E-state index contributed by atoms with van der Waals surface area (Å²) in [5.41, 5.74) is 2.59. The minimum atomic E-state index is -0.0899. The molecule has 0 saturated carbocycles. The van der Waals surface area contributed by atoms with Crippen molar-refractivity contribution in [3.8, 4) is 5.75 Å². The van der Waals surface area contributed by atoms with E-state index < -0.39 is 0 Å². The number of carbonyl (C=O) groups excluding carboxylic acids is 1. The number of ether oxygens (including phenoxy) is 1. The first-order chi connectivity index (χ1) is 10.5. The van der Waals surface area contributed by atoms with Gasteiger partial charge in [-0.25, -0.2) is 0 Å². The highest BCUT2D eigenvalue weighted by molar-refractivity contribution is 9.10. The molecule has 0 saturated heterocycles. The normalized spacial score (nSPS) is 16.5. The Morgan fingerprint density at radius 3 is 2.82 bits per heavy atom. The molecule has 0 radical (unpaired) electrons. The van der Waals surface area contributed by atoms with Crippen LogP contribution >= 0.6 is 27.5 Å². The van der Waals surface area contributed by atoms with Crippen molar-refractivity contribution in [2.75, 3.05) is 12.0 Å². The van der Waals surface area contributed by atoms with Crippen molar-refractivity contribution in [3.05, 3.63) is 57.0 Å². The van der Waals surface area contributed by atoms with Gasteiger partial charge in [0, 0.05) is 21.2 Å². The Morgan fingerprint density at radius 2 is 2.09 bits per heavy atom. The zero-order valence-corrected chi connectivity index (χ0v) is 14.6. The van der Waals surface area contributed by atoms with Gasteiger partial charge in [0.1, 0.15) is 5.75 Å². The molecule has 0 spiro atoms. The molecule has 1 amide bonds. The fourth-order valence-corrected chi connectivity index (χ4v) is 3.47. The molecule has 0 N–H and O–H groups in total. The average Bonchev–Trinajstić information content (AvgIpc) is 2.81. The van der Waals surface area contributed by atoms with Gasteiger partial charge in [0.05, 0.1) is 12.7 Å². The highest BCUT2D eigenvalue weighted by Crippen LogP contribution is 2.36. The van der Waals surface area contributed by atoms with Crippen molar-refractivity contribution in [2.24, 2.45) is 0 Å². The smallest absolute Gasteiger partial charge is 0.262 e. The van der Waals surface area contributed by atoms with Gasteiger partial charge < -0.3 is 9.64 Å². The Kier molecular flexibility index (Phi) is 4.15. The van der Waals surface area contributed by atoms with Crippen molar-refractivity contribution in [1.29, 1.82) is 0 Å². The summed E-state index contributed by atoms with van der Waals surface area (Å²) < 4.78 is 6.33. The predicted octanol–water partition coefficient (Wildman–Crippen LogP) is 4.70. The summed E-state index contributed by atoms with van der Waals surface area (Å²) in [5.74, 6) is 0.445. The van der Waals surface area contributed by atoms with Crippen LogP contribution in [0.2, 0.25) is 5.02 Å². The molecule has 3 rings (SSSR count). The number of amides is 1. The summed E-state index contributed by atoms with van der Waals surface area (Å²) in [6, 6.07) is 11.2. The van der Waals surface area contributed by atoms with E-state index in [1.54, 1.807) is 25.3 Å². The lowest BCUT2D eigenvalue weighted by molar-refractivity contribution is 0.0978. The first kappa shape index (κ1) is 15.4. The second kappa shape index (κ2) is 5.94. The van der Waals surface area contributed by atoms with E-state index in [0.717, 1.165) is 22.1 Å². The third-order valence-electron chi connectivity index (χ3n) is 3.87. The monoisotopic (exact) mass is 379 g/mol. The summed E-state index contributed by atoms with van der Waals surface area (Å²) >= 11 is 9.53. The van der Waals surface area contributed by atoms with Crippen LogP contribution in [0.4, 0.5) is 5.69 Å². The number of rotatable bonds is 2. The van der Waals surface area contributed by atoms with Gasteiger partial charge in [-0.05, 0) is 55.3 Å². The van der Waals surface area contributed by atoms with Gasteiger partial charge in [-0.2, -0.15) is 0 Å². The molecule has 2 aromatic rings. The topological polar surface area (TPSA) is 29.5 Å². The van der Waals surface area contributed by atoms with Crippen LogP contribution in [0.15, 0.2) is 40.9 Å². The molecule has 1 unspecified atom stereocenters. The Balaban J connectivity index is 2.05. The number of methoxy groups -OCH3 is 1. The molecule has 0 aromatic heterocycles. The number of nitrogens with zero attached hydrogens (tertiary/aromatic N) is 1. The molecule has 0 fully saturated rings. The van der Waals surface area contributed by atoms with Crippen molar-refractivity contribution in [3.63, 3.8) is 0 Å². The first-order valence-corrected chi connectivity index (χ1v) is 8.14. The second-order valence-corrected chi connectivity index (χ2v) is 6.70. The zero-order chi connectivity index (χ0) is 15.9. The van der Waals surface area contributed by atoms with Crippen molar-refractivity contribution < 1.29 is 9.53 Å². The summed E-state index contributed by atoms with van der Waals surface area (Å²) in [6.45, 7) is 2.04. The number of carbonyl (C=O) groups is 1. The SMILES string of the molecule is COc1ccc(Cl)cc1C(=O)N1c2ccc(Br)cc2CC1C. The third-order valence-corrected chi connectivity index (χ3v) is 4.60. The third kappa shape index (κ3) is 2.61. The Labute approximate surface area is 143 Å². The lowest BCUT2D eigenvalue weighted by Gasteiger charge is -2.23. The maximum absolute atomic E-state index is 13.0. The van der Waals surface area contributed by atoms with Crippen LogP contribution in [-0.2, 0) is 6.42 Å². The van der Waals surface area contributed by atoms with E-state index in [1.165, 1.54) is 0 Å². The molecule has 1 atom stereocenters. The maximum Gasteiger partial charge on any atom is 0.262 e. The first-order valence-electron chi connectivity index (χ1n) is 6.97. The lowest BCUT2D eigenvalue weighted by Crippen LogP contribution is -2.35. The Morgan fingerprint density at radius 1 is 1.32 bits per heavy atom. The number of halogens is 2. The van der Waals surface area contributed by atoms with Crippen molar-refractivity contribution in [1.82, 2.24) is 0 Å². The maximum atomic E-state index is 13.0. The molecule has 0 bridgehead atoms. The molecule has 1 heterocycles. The van der Waals surface area contributed by atoms with Gasteiger partial charge in [-0.3, -0.25) is 4.79 Å². The summed E-state index contributed by atoms with van der Waals surface area (Å²) in [5, 5.41) is 0.520. The highest BCUT2D eigenvalue weighted by atomic mass is 79.9. The quantitative estimate of drug-likeness (QED) is 0.755. The molecular formula is C17H15BrClNO2. The van der Waals surface area contributed by atoms with Gasteiger partial charge in [0.15, 0.2) is 0 Å². The fourth-order valence-electron chi connectivity index (χ4n) is 2.89. The minimum absolute atomic E-state index is 0.0899. The van der Waals surface area contributed by atoms with Crippen LogP contribution in [0, 0.1) is 0 Å². The number of fused-ring (bicyclic) bond motifs is 1. The zero-order valence-electron chi connectivity index (χ0n) is 12.3. The van der Waals surface area contributed by atoms with E-state index in [9.17, 15) is 4.79 Å². The van der Waals surface area contributed by atoms with Gasteiger partial charge in [0.2, 0.25) is 0 Å². The molecule has 114 valence electrons. The molecular weight excluding hydrogens is 366 g/mol. The highest BCUT2D eigenvalue weighted by Gasteiger charge is 2.32. The average molecular weight is 381 g/mol. The molecule has 0 aliphatic carbocycles. The van der Waals surface area contributed by atoms with Crippen LogP contribution in [0.1, 0.15) is 22.8 Å². The van der Waals surface area contributed by atoms with Crippen molar-refractivity contribution >= 4 is 39.1 Å². The van der Waals surface area contributed by atoms with Gasteiger partial charge in [0.25, 0.3) is 5.91 Å². The van der Waals surface area contributed by atoms with Gasteiger partial charge in [-0.15, -0.1) is 0 Å². The van der Waals surface area contributed by atoms with Gasteiger partial charge >= 0.3 is 0 Å². The molecule has 1 aliphatic rings. The standard InChI is InChI=1S/C17H15BrClNO2/c1-10-7-11-8-12(18)3-5-15(11)20(10)17(21)14-9-13(19)4-6-16(14)22-2/h3-6,8-10H,7H2,1-2H3. The predicted molar refractivity (Wildman–Crippen MR) is 92.1 cm³/mol. The lowest BCUT2D eigenvalue weighted by atomic mass is 10.1. The molecule has 22 heavy (non-hydrogen) atoms. The summed E-state index contributed by atoms with van der Waals surface area (Å²) in [4.78, 5) is 14.8. The number of benzene rings is 2. The Hall–Kier alpha value is -1.52. The molecule has 3 nitrogen and oxygen atoms in total. The molecule has 1 aliphatic heterocycles. The van der Waals surface area contributed by atoms with E-state index in [0.29, 0.717) is 16.3 Å². The van der Waals surface area contributed by atoms with E-state index in [-0.39, 0.29) is 11.9 Å². The molecule has 5 heteroatoms. The largest absolute Gasteiger partial charge is 0.496 e. The second-order valence-electron chi connectivity index (χ2n) is 5.35. The van der Waals surface area contributed by atoms with Crippen LogP contribution in [-0.4, -0.2) is 19.1 Å². The molecule has 2 aromatic carbocycles. The van der Waals surface area contributed by atoms with Gasteiger partial charge in [-0.1, -0.05) is 27.5 Å². The summed E-state index contributed by atoms with van der Waals surface area (Å²) in [6.07, 6.45) is 0.837. The van der Waals surface area contributed by atoms with Crippen LogP contribution in [0.5, 0.6) is 5.75 Å². The van der Waals surface area contributed by atoms with Crippen LogP contribution < -0.4 is 9.64 Å². The van der Waals surface area contributed by atoms with Crippen LogP contribution in [0.3, 0.4) is 0 Å². The van der Waals surface area contributed by atoms with Crippen LogP contribution in [0.25, 0.3) is 0 Å². The van der Waals surface area contributed by atoms with E-state index in [2.05, 4.69) is 22.0 Å². The van der Waals surface area contributed by atoms with E-state index >= 15 is 0 Å².